The standard InChI is InChI=1S/C41H52O9/c1-17(2)15-20-22-28(43)24(21(42)16-18(3)4)30-25(29(22)48-33-23(20)31(44)37(7,8)35(46)39(33,11)12)27-26-32(45)38(9,10)36(47)40(13,14)34(26)50-41(27,49-30)19(5)6/h17-20,27,43H,15-16H2,1-14H3/t20-,27-,41+/m1/s1. The number of aromatic hydroxyl groups is 1. The molecule has 0 amide bonds. The first-order valence-electron chi connectivity index (χ1n) is 18.0. The highest BCUT2D eigenvalue weighted by Gasteiger charge is 2.70. The molecule has 3 aliphatic heterocycles. The predicted octanol–water partition coefficient (Wildman–Crippen LogP) is 7.92. The van der Waals surface area contributed by atoms with E-state index >= 15 is 0 Å². The Morgan fingerprint density at radius 1 is 0.680 bits per heavy atom. The van der Waals surface area contributed by atoms with Crippen LogP contribution in [0.4, 0.5) is 0 Å². The van der Waals surface area contributed by atoms with Crippen molar-refractivity contribution in [1.82, 2.24) is 0 Å². The Morgan fingerprint density at radius 2 is 1.20 bits per heavy atom. The summed E-state index contributed by atoms with van der Waals surface area (Å²) in [6.45, 7) is 25.1. The van der Waals surface area contributed by atoms with Gasteiger partial charge in [0.1, 0.15) is 40.2 Å². The van der Waals surface area contributed by atoms with Gasteiger partial charge in [-0.3, -0.25) is 24.0 Å². The van der Waals surface area contributed by atoms with Gasteiger partial charge in [0.25, 0.3) is 5.79 Å². The van der Waals surface area contributed by atoms with Crippen molar-refractivity contribution < 1.29 is 43.3 Å². The first kappa shape index (κ1) is 36.1. The Kier molecular flexibility index (Phi) is 7.67. The van der Waals surface area contributed by atoms with Gasteiger partial charge in [0.15, 0.2) is 28.9 Å². The van der Waals surface area contributed by atoms with Crippen LogP contribution in [0, 0.1) is 39.4 Å². The van der Waals surface area contributed by atoms with Gasteiger partial charge in [0.05, 0.1) is 32.8 Å². The lowest BCUT2D eigenvalue weighted by atomic mass is 9.59. The van der Waals surface area contributed by atoms with Gasteiger partial charge in [-0.15, -0.1) is 0 Å². The van der Waals surface area contributed by atoms with E-state index in [4.69, 9.17) is 14.2 Å². The quantitative estimate of drug-likeness (QED) is 0.234. The van der Waals surface area contributed by atoms with E-state index < -0.39 is 51.0 Å². The van der Waals surface area contributed by atoms with Gasteiger partial charge in [-0.1, -0.05) is 41.5 Å². The van der Waals surface area contributed by atoms with E-state index in [1.165, 1.54) is 0 Å². The van der Waals surface area contributed by atoms with Crippen LogP contribution in [-0.4, -0.2) is 39.8 Å². The van der Waals surface area contributed by atoms with Crippen molar-refractivity contribution in [2.75, 3.05) is 0 Å². The molecule has 2 aliphatic carbocycles. The number of ether oxygens (including phenoxy) is 3. The number of hydrogen-bond donors (Lipinski definition) is 1. The van der Waals surface area contributed by atoms with E-state index in [1.54, 1.807) is 55.4 Å². The molecule has 3 atom stereocenters. The maximum Gasteiger partial charge on any atom is 0.264 e. The Labute approximate surface area is 295 Å². The van der Waals surface area contributed by atoms with E-state index in [1.807, 2.05) is 41.5 Å². The lowest BCUT2D eigenvalue weighted by molar-refractivity contribution is -0.177. The van der Waals surface area contributed by atoms with Crippen molar-refractivity contribution in [2.24, 2.45) is 39.4 Å². The summed E-state index contributed by atoms with van der Waals surface area (Å²) in [5.74, 6) is -5.06. The van der Waals surface area contributed by atoms with E-state index in [-0.39, 0.29) is 86.9 Å². The highest BCUT2D eigenvalue weighted by atomic mass is 16.7. The van der Waals surface area contributed by atoms with Gasteiger partial charge in [-0.2, -0.15) is 0 Å². The molecule has 0 aromatic heterocycles. The van der Waals surface area contributed by atoms with Crippen molar-refractivity contribution >= 4 is 28.9 Å². The average molecular weight is 689 g/mol. The summed E-state index contributed by atoms with van der Waals surface area (Å²) in [7, 11) is 0. The number of fused-ring (bicyclic) bond motifs is 6. The number of phenolic OH excluding ortho intramolecular Hbond substituents is 1. The number of allylic oxidation sites excluding steroid dienone is 3. The van der Waals surface area contributed by atoms with Gasteiger partial charge in [0.2, 0.25) is 0 Å². The lowest BCUT2D eigenvalue weighted by Crippen LogP contribution is -2.51. The fraction of sp³-hybridized carbons (Fsp3) is 0.634. The SMILES string of the molecule is CC(C)CC(=O)c1c(O)c2c(c3c1O[C@@]1(C(C)C)OC4=C(C(=O)C(C)(C)C(=O)C4(C)C)[C@@H]31)OC1=C(C(=O)C(C)(C)C(=O)C1(C)C)[C@@H]2CC(C)C. The summed E-state index contributed by atoms with van der Waals surface area (Å²) in [4.78, 5) is 71.0. The molecule has 270 valence electrons. The Bertz CT molecular complexity index is 1880. The summed E-state index contributed by atoms with van der Waals surface area (Å²) >= 11 is 0. The van der Waals surface area contributed by atoms with Crippen molar-refractivity contribution in [3.63, 3.8) is 0 Å². The summed E-state index contributed by atoms with van der Waals surface area (Å²) < 4.78 is 20.4. The average Bonchev–Trinajstić information content (AvgIpc) is 3.51. The fourth-order valence-electron chi connectivity index (χ4n) is 9.26. The molecule has 50 heavy (non-hydrogen) atoms. The summed E-state index contributed by atoms with van der Waals surface area (Å²) in [6.07, 6.45) is 0.505. The van der Waals surface area contributed by atoms with E-state index in [0.717, 1.165) is 0 Å². The zero-order chi connectivity index (χ0) is 37.6. The number of ketones is 5. The molecule has 3 heterocycles. The zero-order valence-electron chi connectivity index (χ0n) is 32.0. The molecule has 1 aromatic rings. The van der Waals surface area contributed by atoms with Gasteiger partial charge < -0.3 is 19.3 Å². The normalized spacial score (nSPS) is 28.3. The van der Waals surface area contributed by atoms with Crippen LogP contribution in [0.25, 0.3) is 0 Å². The molecule has 1 aromatic carbocycles. The predicted molar refractivity (Wildman–Crippen MR) is 186 cm³/mol. The number of carbonyl (C=O) groups excluding carboxylic acids is 5. The van der Waals surface area contributed by atoms with Crippen LogP contribution in [0.2, 0.25) is 0 Å². The molecule has 9 heteroatoms. The molecule has 0 bridgehead atoms. The van der Waals surface area contributed by atoms with Crippen LogP contribution >= 0.6 is 0 Å². The highest BCUT2D eigenvalue weighted by molar-refractivity contribution is 6.21. The minimum Gasteiger partial charge on any atom is -0.507 e. The molecular weight excluding hydrogens is 636 g/mol. The third kappa shape index (κ3) is 4.33. The topological polar surface area (TPSA) is 133 Å². The minimum atomic E-state index is -1.56. The largest absolute Gasteiger partial charge is 0.507 e. The summed E-state index contributed by atoms with van der Waals surface area (Å²) in [6, 6.07) is 0. The maximum atomic E-state index is 14.6. The van der Waals surface area contributed by atoms with E-state index in [9.17, 15) is 29.1 Å². The second-order valence-corrected chi connectivity index (χ2v) is 18.3. The monoisotopic (exact) mass is 688 g/mol. The maximum absolute atomic E-state index is 14.6. The second-order valence-electron chi connectivity index (χ2n) is 18.3. The van der Waals surface area contributed by atoms with Crippen molar-refractivity contribution in [3.05, 3.63) is 39.4 Å². The number of Topliss-reactive ketones (excluding diaryl/α,β-unsaturated/α-hetero) is 5. The van der Waals surface area contributed by atoms with Crippen LogP contribution in [0.5, 0.6) is 17.2 Å². The van der Waals surface area contributed by atoms with Crippen LogP contribution in [-0.2, 0) is 23.9 Å². The number of hydrogen-bond acceptors (Lipinski definition) is 9. The lowest BCUT2D eigenvalue weighted by Gasteiger charge is -2.45. The molecule has 0 saturated carbocycles. The molecule has 0 spiro atoms. The first-order valence-corrected chi connectivity index (χ1v) is 18.0. The van der Waals surface area contributed by atoms with Gasteiger partial charge in [-0.25, -0.2) is 0 Å². The molecule has 0 fully saturated rings. The molecule has 6 rings (SSSR count). The molecule has 0 saturated heterocycles. The molecule has 0 unspecified atom stereocenters. The van der Waals surface area contributed by atoms with Crippen LogP contribution < -0.4 is 9.47 Å². The Balaban J connectivity index is 1.78. The summed E-state index contributed by atoms with van der Waals surface area (Å²) in [5, 5.41) is 12.4. The number of benzene rings is 1. The third-order valence-corrected chi connectivity index (χ3v) is 11.8. The molecule has 0 radical (unpaired) electrons. The molecule has 1 N–H and O–H groups in total. The minimum absolute atomic E-state index is 0.0292. The number of rotatable bonds is 6. The van der Waals surface area contributed by atoms with Crippen molar-refractivity contribution in [1.29, 1.82) is 0 Å². The zero-order valence-corrected chi connectivity index (χ0v) is 32.0. The Hall–Kier alpha value is -3.75. The number of phenols is 1. The van der Waals surface area contributed by atoms with E-state index in [2.05, 4.69) is 0 Å². The second kappa shape index (κ2) is 10.6. The van der Waals surface area contributed by atoms with Gasteiger partial charge >= 0.3 is 0 Å². The number of carbonyl (C=O) groups is 5. The van der Waals surface area contributed by atoms with Gasteiger partial charge in [0, 0.05) is 29.4 Å². The fourth-order valence-corrected chi connectivity index (χ4v) is 9.26. The Morgan fingerprint density at radius 3 is 1.70 bits per heavy atom. The van der Waals surface area contributed by atoms with Gasteiger partial charge in [-0.05, 0) is 73.6 Å². The van der Waals surface area contributed by atoms with Crippen molar-refractivity contribution in [3.8, 4) is 17.2 Å². The third-order valence-electron chi connectivity index (χ3n) is 11.8. The van der Waals surface area contributed by atoms with Crippen molar-refractivity contribution in [2.45, 2.75) is 127 Å². The summed E-state index contributed by atoms with van der Waals surface area (Å²) in [5.41, 5.74) is -3.95. The highest BCUT2D eigenvalue weighted by Crippen LogP contribution is 2.69. The van der Waals surface area contributed by atoms with Crippen LogP contribution in [0.1, 0.15) is 143 Å². The van der Waals surface area contributed by atoms with Crippen LogP contribution in [0.3, 0.4) is 0 Å². The molecule has 5 aliphatic rings. The molecule has 9 nitrogen and oxygen atoms in total. The first-order chi connectivity index (χ1) is 22.8. The van der Waals surface area contributed by atoms with Crippen LogP contribution in [0.15, 0.2) is 22.7 Å². The molecular formula is C41H52O9. The van der Waals surface area contributed by atoms with E-state index in [0.29, 0.717) is 17.6 Å². The smallest absolute Gasteiger partial charge is 0.264 e.